The molecule has 1 aliphatic heterocycles. The number of ether oxygens (including phenoxy) is 1. The van der Waals surface area contributed by atoms with E-state index < -0.39 is 18.7 Å². The number of hydrogen-bond acceptors (Lipinski definition) is 10. The van der Waals surface area contributed by atoms with E-state index in [1.807, 2.05) is 20.8 Å². The van der Waals surface area contributed by atoms with Gasteiger partial charge in [-0.2, -0.15) is 0 Å². The lowest BCUT2D eigenvalue weighted by Gasteiger charge is -2.30. The second kappa shape index (κ2) is 9.78. The predicted octanol–water partition coefficient (Wildman–Crippen LogP) is 3.04. The quantitative estimate of drug-likeness (QED) is 0.392. The van der Waals surface area contributed by atoms with Gasteiger partial charge in [0.25, 0.3) is 0 Å². The fraction of sp³-hybridized carbons (Fsp3) is 0.500. The normalized spacial score (nSPS) is 16.2. The van der Waals surface area contributed by atoms with Gasteiger partial charge >= 0.3 is 13.1 Å². The van der Waals surface area contributed by atoms with Crippen molar-refractivity contribution in [3.8, 4) is 11.5 Å². The highest BCUT2D eigenvalue weighted by Gasteiger charge is 2.38. The second-order valence-corrected chi connectivity index (χ2v) is 11.3. The van der Waals surface area contributed by atoms with Gasteiger partial charge in [0.2, 0.25) is 0 Å². The highest BCUT2D eigenvalue weighted by atomic mass is 32.2. The summed E-state index contributed by atoms with van der Waals surface area (Å²) in [7, 11) is -1.12. The molecule has 3 rings (SSSR count). The van der Waals surface area contributed by atoms with Crippen LogP contribution in [0.2, 0.25) is 5.82 Å². The van der Waals surface area contributed by atoms with Gasteiger partial charge in [0.1, 0.15) is 22.7 Å². The molecule has 1 aromatic heterocycles. The largest absolute Gasteiger partial charge is 0.535 e. The van der Waals surface area contributed by atoms with Gasteiger partial charge < -0.3 is 25.3 Å². The smallest absolute Gasteiger partial charge is 0.527 e. The molecule has 2 heterocycles. The van der Waals surface area contributed by atoms with Gasteiger partial charge in [-0.1, -0.05) is 40.9 Å². The van der Waals surface area contributed by atoms with Crippen LogP contribution in [-0.4, -0.2) is 57.1 Å². The lowest BCUT2D eigenvalue weighted by molar-refractivity contribution is 0.0677. The Bertz CT molecular complexity index is 906. The van der Waals surface area contributed by atoms with Crippen molar-refractivity contribution in [3.05, 3.63) is 23.3 Å². The Labute approximate surface area is 188 Å². The zero-order chi connectivity index (χ0) is 21.9. The maximum atomic E-state index is 11.9. The van der Waals surface area contributed by atoms with Gasteiger partial charge in [0.15, 0.2) is 8.68 Å². The standard InChI is InChI=1S/C18H24BN3O5S3/c1-18(2,3)26-12-5-4-10-8-11(19(25)27-14(10)13(12)15(23)24)9-29-17-22-21-16(30-17)28-7-6-20/h4-5,11,25H,6-9,20H2,1-3H3,(H,23,24). The number of carbonyl (C=O) groups is 1. The average molecular weight is 469 g/mol. The summed E-state index contributed by atoms with van der Waals surface area (Å²) in [6.45, 7) is 6.11. The minimum atomic E-state index is -1.15. The van der Waals surface area contributed by atoms with Crippen molar-refractivity contribution in [2.45, 2.75) is 47.3 Å². The second-order valence-electron chi connectivity index (χ2n) is 7.70. The van der Waals surface area contributed by atoms with Gasteiger partial charge in [-0.05, 0) is 38.8 Å². The number of nitrogens with zero attached hydrogens (tertiary/aromatic N) is 2. The monoisotopic (exact) mass is 469 g/mol. The van der Waals surface area contributed by atoms with E-state index in [0.29, 0.717) is 18.7 Å². The average Bonchev–Trinajstić information content (AvgIpc) is 3.11. The molecule has 1 aliphatic rings. The molecule has 1 atom stereocenters. The molecule has 30 heavy (non-hydrogen) atoms. The Morgan fingerprint density at radius 2 is 2.07 bits per heavy atom. The maximum absolute atomic E-state index is 11.9. The molecule has 0 amide bonds. The minimum absolute atomic E-state index is 0.0572. The van der Waals surface area contributed by atoms with E-state index in [1.165, 1.54) is 23.1 Å². The Balaban J connectivity index is 1.73. The summed E-state index contributed by atoms with van der Waals surface area (Å²) in [5.74, 6) is 0.405. The number of aromatic nitrogens is 2. The molecule has 0 bridgehead atoms. The number of rotatable bonds is 8. The van der Waals surface area contributed by atoms with Crippen molar-refractivity contribution in [3.63, 3.8) is 0 Å². The van der Waals surface area contributed by atoms with Crippen LogP contribution in [0.25, 0.3) is 0 Å². The Hall–Kier alpha value is -1.47. The molecule has 1 unspecified atom stereocenters. The first-order chi connectivity index (χ1) is 14.2. The lowest BCUT2D eigenvalue weighted by Crippen LogP contribution is -2.36. The van der Waals surface area contributed by atoms with Crippen LogP contribution in [0.3, 0.4) is 0 Å². The third kappa shape index (κ3) is 5.82. The number of benzene rings is 1. The molecular weight excluding hydrogens is 445 g/mol. The summed E-state index contributed by atoms with van der Waals surface area (Å²) >= 11 is 4.56. The molecular formula is C18H24BN3O5S3. The molecule has 0 aliphatic carbocycles. The van der Waals surface area contributed by atoms with Crippen LogP contribution in [0, 0.1) is 0 Å². The predicted molar refractivity (Wildman–Crippen MR) is 120 cm³/mol. The molecule has 8 nitrogen and oxygen atoms in total. The van der Waals surface area contributed by atoms with Crippen LogP contribution in [0.5, 0.6) is 11.5 Å². The van der Waals surface area contributed by atoms with Gasteiger partial charge in [-0.3, -0.25) is 0 Å². The van der Waals surface area contributed by atoms with Gasteiger partial charge in [-0.25, -0.2) is 4.79 Å². The number of nitrogens with two attached hydrogens (primary N) is 1. The molecule has 0 radical (unpaired) electrons. The van der Waals surface area contributed by atoms with E-state index in [9.17, 15) is 14.9 Å². The van der Waals surface area contributed by atoms with Crippen LogP contribution in [0.15, 0.2) is 20.8 Å². The van der Waals surface area contributed by atoms with Crippen LogP contribution >= 0.6 is 34.9 Å². The molecule has 12 heteroatoms. The Kier molecular flexibility index (Phi) is 7.56. The first-order valence-electron chi connectivity index (χ1n) is 9.40. The highest BCUT2D eigenvalue weighted by Crippen LogP contribution is 2.42. The van der Waals surface area contributed by atoms with Crippen LogP contribution in [-0.2, 0) is 6.42 Å². The third-order valence-corrected chi connectivity index (χ3v) is 7.52. The molecule has 0 saturated carbocycles. The third-order valence-electron chi connectivity index (χ3n) is 4.11. The van der Waals surface area contributed by atoms with Crippen LogP contribution in [0.4, 0.5) is 0 Å². The molecule has 0 fully saturated rings. The maximum Gasteiger partial charge on any atom is 0.527 e. The summed E-state index contributed by atoms with van der Waals surface area (Å²) in [6.07, 6.45) is 0.493. The zero-order valence-corrected chi connectivity index (χ0v) is 19.4. The van der Waals surface area contributed by atoms with E-state index in [-0.39, 0.29) is 22.9 Å². The number of fused-ring (bicyclic) bond motifs is 1. The topological polar surface area (TPSA) is 128 Å². The first kappa shape index (κ1) is 23.2. The highest BCUT2D eigenvalue weighted by molar-refractivity contribution is 8.03. The number of carboxylic acids is 1. The molecule has 162 valence electrons. The van der Waals surface area contributed by atoms with Crippen molar-refractivity contribution in [2.75, 3.05) is 18.1 Å². The van der Waals surface area contributed by atoms with E-state index in [2.05, 4.69) is 10.2 Å². The SMILES string of the molecule is CC(C)(C)Oc1ccc2c(c1C(=O)O)OB(O)C(CSc1nnc(SCCN)s1)C2. The number of thioether (sulfide) groups is 2. The zero-order valence-electron chi connectivity index (χ0n) is 17.0. The molecule has 1 aromatic carbocycles. The summed E-state index contributed by atoms with van der Waals surface area (Å²) in [4.78, 5) is 11.9. The van der Waals surface area contributed by atoms with Crippen molar-refractivity contribution in [1.29, 1.82) is 0 Å². The lowest BCUT2D eigenvalue weighted by atomic mass is 9.67. The van der Waals surface area contributed by atoms with Crippen molar-refractivity contribution >= 4 is 47.9 Å². The van der Waals surface area contributed by atoms with Gasteiger partial charge in [-0.15, -0.1) is 10.2 Å². The van der Waals surface area contributed by atoms with E-state index in [4.69, 9.17) is 15.1 Å². The summed E-state index contributed by atoms with van der Waals surface area (Å²) in [5, 5.41) is 28.5. The molecule has 0 saturated heterocycles. The van der Waals surface area contributed by atoms with E-state index >= 15 is 0 Å². The Morgan fingerprint density at radius 1 is 1.37 bits per heavy atom. The van der Waals surface area contributed by atoms with Crippen molar-refractivity contribution < 1.29 is 24.3 Å². The summed E-state index contributed by atoms with van der Waals surface area (Å²) in [6, 6.07) is 3.46. The molecule has 4 N–H and O–H groups in total. The van der Waals surface area contributed by atoms with E-state index in [1.54, 1.807) is 23.9 Å². The van der Waals surface area contributed by atoms with Gasteiger partial charge in [0.05, 0.1) is 0 Å². The molecule has 0 spiro atoms. The number of aromatic carboxylic acids is 1. The first-order valence-corrected chi connectivity index (χ1v) is 12.2. The number of carboxylic acid groups (broad SMARTS) is 1. The van der Waals surface area contributed by atoms with E-state index in [0.717, 1.165) is 20.0 Å². The fourth-order valence-electron chi connectivity index (χ4n) is 2.90. The molecule has 2 aromatic rings. The summed E-state index contributed by atoms with van der Waals surface area (Å²) in [5.41, 5.74) is 5.62. The van der Waals surface area contributed by atoms with Crippen molar-refractivity contribution in [1.82, 2.24) is 10.2 Å². The Morgan fingerprint density at radius 3 is 2.70 bits per heavy atom. The van der Waals surface area contributed by atoms with Crippen LogP contribution < -0.4 is 15.1 Å². The van der Waals surface area contributed by atoms with Crippen molar-refractivity contribution in [2.24, 2.45) is 5.73 Å². The van der Waals surface area contributed by atoms with Gasteiger partial charge in [0, 0.05) is 23.9 Å². The number of hydrogen-bond donors (Lipinski definition) is 3. The summed E-state index contributed by atoms with van der Waals surface area (Å²) < 4.78 is 13.1. The fourth-order valence-corrected chi connectivity index (χ4v) is 5.90. The minimum Gasteiger partial charge on any atom is -0.535 e. The van der Waals surface area contributed by atoms with Crippen LogP contribution in [0.1, 0.15) is 36.7 Å².